The number of hydrogen-bond donors (Lipinski definition) is 1. The SMILES string of the molecule is C=C(C)[C@@H]1CC=C(CN2CCc3nnc(CNC(=O)c4ccc(COC)o4)n3CC2)CC1. The van der Waals surface area contributed by atoms with Crippen LogP contribution in [0.4, 0.5) is 0 Å². The van der Waals surface area contributed by atoms with Gasteiger partial charge in [0.05, 0.1) is 6.54 Å². The summed E-state index contributed by atoms with van der Waals surface area (Å²) in [7, 11) is 1.59. The van der Waals surface area contributed by atoms with Gasteiger partial charge in [0.25, 0.3) is 5.91 Å². The number of rotatable bonds is 8. The van der Waals surface area contributed by atoms with Gasteiger partial charge in [0, 0.05) is 39.7 Å². The van der Waals surface area contributed by atoms with Crippen molar-refractivity contribution in [3.8, 4) is 0 Å². The smallest absolute Gasteiger partial charge is 0.287 e. The maximum atomic E-state index is 12.4. The lowest BCUT2D eigenvalue weighted by atomic mass is 9.85. The van der Waals surface area contributed by atoms with E-state index >= 15 is 0 Å². The van der Waals surface area contributed by atoms with Crippen molar-refractivity contribution in [2.24, 2.45) is 5.92 Å². The fourth-order valence-corrected chi connectivity index (χ4v) is 4.45. The van der Waals surface area contributed by atoms with Gasteiger partial charge in [-0.1, -0.05) is 23.8 Å². The Hall–Kier alpha value is -2.71. The van der Waals surface area contributed by atoms with Crippen molar-refractivity contribution >= 4 is 5.91 Å². The third kappa shape index (κ3) is 5.37. The lowest BCUT2D eigenvalue weighted by molar-refractivity contribution is 0.0913. The summed E-state index contributed by atoms with van der Waals surface area (Å²) in [6.07, 6.45) is 6.78. The van der Waals surface area contributed by atoms with Crippen LogP contribution >= 0.6 is 0 Å². The predicted octanol–water partition coefficient (Wildman–Crippen LogP) is 3.11. The van der Waals surface area contributed by atoms with Gasteiger partial charge in [-0.2, -0.15) is 0 Å². The molecule has 0 saturated heterocycles. The van der Waals surface area contributed by atoms with Crippen molar-refractivity contribution in [3.63, 3.8) is 0 Å². The molecule has 3 heterocycles. The zero-order valence-corrected chi connectivity index (χ0v) is 19.1. The number of allylic oxidation sites excluding steroid dienone is 2. The summed E-state index contributed by atoms with van der Waals surface area (Å²) in [5.74, 6) is 3.03. The molecule has 1 N–H and O–H groups in total. The number of furan rings is 1. The van der Waals surface area contributed by atoms with Crippen LogP contribution in [0.3, 0.4) is 0 Å². The largest absolute Gasteiger partial charge is 0.453 e. The van der Waals surface area contributed by atoms with Gasteiger partial charge < -0.3 is 19.0 Å². The van der Waals surface area contributed by atoms with Gasteiger partial charge in [0.2, 0.25) is 0 Å². The highest BCUT2D eigenvalue weighted by Crippen LogP contribution is 2.28. The van der Waals surface area contributed by atoms with Crippen molar-refractivity contribution in [2.45, 2.75) is 52.3 Å². The van der Waals surface area contributed by atoms with E-state index in [1.54, 1.807) is 24.8 Å². The first-order valence-corrected chi connectivity index (χ1v) is 11.4. The zero-order valence-electron chi connectivity index (χ0n) is 19.1. The Morgan fingerprint density at radius 2 is 2.16 bits per heavy atom. The van der Waals surface area contributed by atoms with Crippen LogP contribution in [-0.4, -0.2) is 52.3 Å². The minimum absolute atomic E-state index is 0.266. The van der Waals surface area contributed by atoms with E-state index in [1.807, 2.05) is 0 Å². The molecule has 8 nitrogen and oxygen atoms in total. The average Bonchev–Trinajstić information content (AvgIpc) is 3.36. The lowest BCUT2D eigenvalue weighted by Crippen LogP contribution is -2.30. The molecule has 0 bridgehead atoms. The van der Waals surface area contributed by atoms with Crippen molar-refractivity contribution in [1.29, 1.82) is 0 Å². The molecule has 0 aromatic carbocycles. The maximum Gasteiger partial charge on any atom is 0.287 e. The zero-order chi connectivity index (χ0) is 22.5. The van der Waals surface area contributed by atoms with Crippen LogP contribution < -0.4 is 5.32 Å². The topological polar surface area (TPSA) is 85.4 Å². The molecule has 1 amide bonds. The lowest BCUT2D eigenvalue weighted by Gasteiger charge is -2.26. The number of ether oxygens (including phenoxy) is 1. The highest BCUT2D eigenvalue weighted by molar-refractivity contribution is 5.91. The Bertz CT molecular complexity index is 990. The van der Waals surface area contributed by atoms with Gasteiger partial charge in [-0.25, -0.2) is 0 Å². The fourth-order valence-electron chi connectivity index (χ4n) is 4.45. The highest BCUT2D eigenvalue weighted by Gasteiger charge is 2.22. The molecule has 0 saturated carbocycles. The first-order chi connectivity index (χ1) is 15.5. The van der Waals surface area contributed by atoms with E-state index in [0.717, 1.165) is 57.1 Å². The third-order valence-corrected chi connectivity index (χ3v) is 6.40. The van der Waals surface area contributed by atoms with E-state index in [0.29, 0.717) is 24.8 Å². The summed E-state index contributed by atoms with van der Waals surface area (Å²) in [6, 6.07) is 3.40. The second-order valence-electron chi connectivity index (χ2n) is 8.77. The summed E-state index contributed by atoms with van der Waals surface area (Å²) >= 11 is 0. The molecule has 0 radical (unpaired) electrons. The number of fused-ring (bicyclic) bond motifs is 1. The van der Waals surface area contributed by atoms with E-state index < -0.39 is 0 Å². The molecule has 2 aliphatic rings. The van der Waals surface area contributed by atoms with Crippen LogP contribution in [0.2, 0.25) is 0 Å². The number of aromatic nitrogens is 3. The molecule has 1 aliphatic carbocycles. The molecule has 172 valence electrons. The van der Waals surface area contributed by atoms with E-state index in [-0.39, 0.29) is 11.7 Å². The van der Waals surface area contributed by atoms with Gasteiger partial charge in [-0.05, 0) is 44.2 Å². The third-order valence-electron chi connectivity index (χ3n) is 6.40. The molecule has 8 heteroatoms. The van der Waals surface area contributed by atoms with Gasteiger partial charge >= 0.3 is 0 Å². The van der Waals surface area contributed by atoms with Gasteiger partial charge in [0.15, 0.2) is 11.6 Å². The first-order valence-electron chi connectivity index (χ1n) is 11.4. The Morgan fingerprint density at radius 1 is 1.28 bits per heavy atom. The number of methoxy groups -OCH3 is 1. The standard InChI is InChI=1S/C24H33N5O3/c1-17(2)19-6-4-18(5-7-19)15-28-11-10-22-26-27-23(29(22)13-12-28)14-25-24(30)21-9-8-20(32-21)16-31-3/h4,8-9,19H,1,5-7,10-16H2,2-3H3,(H,25,30)/t19-/m1/s1. The van der Waals surface area contributed by atoms with Crippen LogP contribution in [0.5, 0.6) is 0 Å². The van der Waals surface area contributed by atoms with Crippen molar-refractivity contribution < 1.29 is 13.9 Å². The Labute approximate surface area is 189 Å². The Kier molecular flexibility index (Phi) is 7.22. The van der Waals surface area contributed by atoms with Crippen molar-refractivity contribution in [3.05, 3.63) is 59.1 Å². The minimum atomic E-state index is -0.266. The molecule has 1 atom stereocenters. The number of amides is 1. The number of nitrogens with zero attached hydrogens (tertiary/aromatic N) is 4. The molecule has 1 aliphatic heterocycles. The Morgan fingerprint density at radius 3 is 2.91 bits per heavy atom. The summed E-state index contributed by atoms with van der Waals surface area (Å²) in [5.41, 5.74) is 2.84. The van der Waals surface area contributed by atoms with Crippen LogP contribution in [0.25, 0.3) is 0 Å². The van der Waals surface area contributed by atoms with Crippen molar-refractivity contribution in [2.75, 3.05) is 26.7 Å². The van der Waals surface area contributed by atoms with Crippen LogP contribution in [0.1, 0.15) is 54.2 Å². The van der Waals surface area contributed by atoms with E-state index in [4.69, 9.17) is 9.15 Å². The second-order valence-corrected chi connectivity index (χ2v) is 8.77. The average molecular weight is 440 g/mol. The number of carbonyl (C=O) groups excluding carboxylic acids is 1. The molecule has 0 unspecified atom stereocenters. The van der Waals surface area contributed by atoms with Gasteiger partial charge in [-0.3, -0.25) is 9.69 Å². The highest BCUT2D eigenvalue weighted by atomic mass is 16.5. The maximum absolute atomic E-state index is 12.4. The molecular weight excluding hydrogens is 406 g/mol. The Balaban J connectivity index is 1.30. The van der Waals surface area contributed by atoms with Crippen LogP contribution in [0.15, 0.2) is 40.4 Å². The molecule has 2 aromatic heterocycles. The summed E-state index contributed by atoms with van der Waals surface area (Å²) < 4.78 is 12.7. The summed E-state index contributed by atoms with van der Waals surface area (Å²) in [6.45, 7) is 10.7. The van der Waals surface area contributed by atoms with Crippen molar-refractivity contribution in [1.82, 2.24) is 25.0 Å². The molecule has 4 rings (SSSR count). The van der Waals surface area contributed by atoms with Gasteiger partial charge in [0.1, 0.15) is 18.2 Å². The quantitative estimate of drug-likeness (QED) is 0.636. The normalized spacial score (nSPS) is 19.2. The molecule has 32 heavy (non-hydrogen) atoms. The first kappa shape index (κ1) is 22.5. The van der Waals surface area contributed by atoms with Crippen LogP contribution in [-0.2, 0) is 30.9 Å². The summed E-state index contributed by atoms with van der Waals surface area (Å²) in [4.78, 5) is 14.9. The molecule has 2 aromatic rings. The fraction of sp³-hybridized carbons (Fsp3) is 0.542. The van der Waals surface area contributed by atoms with Gasteiger partial charge in [-0.15, -0.1) is 10.2 Å². The van der Waals surface area contributed by atoms with E-state index in [2.05, 4.69) is 44.6 Å². The summed E-state index contributed by atoms with van der Waals surface area (Å²) in [5, 5.41) is 11.6. The predicted molar refractivity (Wildman–Crippen MR) is 121 cm³/mol. The monoisotopic (exact) mass is 439 g/mol. The molecule has 0 fully saturated rings. The number of hydrogen-bond acceptors (Lipinski definition) is 6. The second kappa shape index (κ2) is 10.3. The number of carbonyl (C=O) groups is 1. The number of nitrogens with one attached hydrogen (secondary N) is 1. The minimum Gasteiger partial charge on any atom is -0.453 e. The van der Waals surface area contributed by atoms with E-state index in [1.165, 1.54) is 12.0 Å². The van der Waals surface area contributed by atoms with E-state index in [9.17, 15) is 4.79 Å². The van der Waals surface area contributed by atoms with Crippen LogP contribution in [0, 0.1) is 5.92 Å². The molecular formula is C24H33N5O3. The molecule has 0 spiro atoms.